The third-order valence-corrected chi connectivity index (χ3v) is 5.82. The number of nitrogens with one attached hydrogen (secondary N) is 1. The minimum absolute atomic E-state index is 0.715. The van der Waals surface area contributed by atoms with E-state index >= 15 is 0 Å². The highest BCUT2D eigenvalue weighted by molar-refractivity contribution is 6.31. The van der Waals surface area contributed by atoms with Gasteiger partial charge in [0, 0.05) is 34.4 Å². The molecule has 0 amide bonds. The summed E-state index contributed by atoms with van der Waals surface area (Å²) in [5.74, 6) is 0.889. The van der Waals surface area contributed by atoms with Crippen LogP contribution in [0.3, 0.4) is 0 Å². The summed E-state index contributed by atoms with van der Waals surface area (Å²) in [5, 5.41) is 12.2. The summed E-state index contributed by atoms with van der Waals surface area (Å²) in [6.45, 7) is 0.861. The molecule has 2 aromatic carbocycles. The molecule has 0 saturated heterocycles. The predicted octanol–water partition coefficient (Wildman–Crippen LogP) is 4.82. The van der Waals surface area contributed by atoms with Crippen molar-refractivity contribution in [2.45, 2.75) is 6.42 Å². The summed E-state index contributed by atoms with van der Waals surface area (Å²) >= 11 is 6.27. The fourth-order valence-corrected chi connectivity index (χ4v) is 4.22. The molecule has 0 radical (unpaired) electrons. The summed E-state index contributed by atoms with van der Waals surface area (Å²) in [4.78, 5) is 15.9. The molecule has 0 bridgehead atoms. The first kappa shape index (κ1) is 18.0. The number of hydrogen-bond donors (Lipinski definition) is 1. The van der Waals surface area contributed by atoms with Crippen molar-refractivity contribution in [1.29, 1.82) is 0 Å². The number of nitrogens with zero attached hydrogens (tertiary/aromatic N) is 6. The van der Waals surface area contributed by atoms with Crippen LogP contribution in [-0.4, -0.2) is 36.9 Å². The first-order valence-corrected chi connectivity index (χ1v) is 10.3. The molecule has 31 heavy (non-hydrogen) atoms. The Kier molecular flexibility index (Phi) is 4.14. The maximum Gasteiger partial charge on any atom is 0.144 e. The van der Waals surface area contributed by atoms with Gasteiger partial charge in [-0.15, -0.1) is 0 Å². The Bertz CT molecular complexity index is 1400. The van der Waals surface area contributed by atoms with Crippen molar-refractivity contribution in [3.63, 3.8) is 0 Å². The van der Waals surface area contributed by atoms with Crippen molar-refractivity contribution in [1.82, 2.24) is 30.4 Å². The lowest BCUT2D eigenvalue weighted by Gasteiger charge is -2.20. The van der Waals surface area contributed by atoms with Crippen LogP contribution >= 0.6 is 11.6 Å². The predicted molar refractivity (Wildman–Crippen MR) is 120 cm³/mol. The number of H-pyrrole nitrogens is 1. The van der Waals surface area contributed by atoms with Crippen LogP contribution in [0.2, 0.25) is 5.02 Å². The lowest BCUT2D eigenvalue weighted by molar-refractivity contribution is 0.941. The monoisotopic (exact) mass is 425 g/mol. The summed E-state index contributed by atoms with van der Waals surface area (Å²) < 4.78 is 0. The Hall–Kier alpha value is -3.84. The standard InChI is InChI=1S/C23H16ClN7/c24-17-4-1-14-7-8-31(22(14)10-17)23-18-9-15(2-5-19(18)26-13-27-23)16-3-6-20(25-11-16)21-12-28-30-29-21/h1-6,9-13H,7-8H2,(H,28,29,30). The number of benzene rings is 2. The van der Waals surface area contributed by atoms with Crippen LogP contribution in [0, 0.1) is 0 Å². The van der Waals surface area contributed by atoms with Gasteiger partial charge in [-0.1, -0.05) is 29.8 Å². The van der Waals surface area contributed by atoms with Gasteiger partial charge in [0.25, 0.3) is 0 Å². The first-order valence-electron chi connectivity index (χ1n) is 9.89. The van der Waals surface area contributed by atoms with E-state index in [1.165, 1.54) is 5.56 Å². The zero-order valence-electron chi connectivity index (χ0n) is 16.3. The maximum atomic E-state index is 6.27. The highest BCUT2D eigenvalue weighted by Crippen LogP contribution is 2.38. The first-order chi connectivity index (χ1) is 15.3. The van der Waals surface area contributed by atoms with E-state index in [-0.39, 0.29) is 0 Å². The van der Waals surface area contributed by atoms with Gasteiger partial charge in [-0.3, -0.25) is 4.98 Å². The third-order valence-electron chi connectivity index (χ3n) is 5.59. The van der Waals surface area contributed by atoms with E-state index in [4.69, 9.17) is 11.6 Å². The minimum atomic E-state index is 0.715. The van der Waals surface area contributed by atoms with Crippen LogP contribution in [0.25, 0.3) is 33.4 Å². The largest absolute Gasteiger partial charge is 0.325 e. The molecule has 0 fully saturated rings. The number of pyridine rings is 1. The van der Waals surface area contributed by atoms with E-state index < -0.39 is 0 Å². The molecule has 1 aliphatic heterocycles. The number of aromatic amines is 1. The van der Waals surface area contributed by atoms with Crippen molar-refractivity contribution in [3.8, 4) is 22.5 Å². The molecular formula is C23H16ClN7. The Balaban J connectivity index is 1.43. The fourth-order valence-electron chi connectivity index (χ4n) is 4.05. The molecule has 4 heterocycles. The molecule has 3 aromatic heterocycles. The van der Waals surface area contributed by atoms with Gasteiger partial charge in [-0.25, -0.2) is 9.97 Å². The van der Waals surface area contributed by atoms with Gasteiger partial charge in [0.1, 0.15) is 17.8 Å². The second kappa shape index (κ2) is 7.14. The summed E-state index contributed by atoms with van der Waals surface area (Å²) in [6, 6.07) is 16.2. The number of fused-ring (bicyclic) bond motifs is 2. The Labute approximate surface area is 182 Å². The number of hydrogen-bond acceptors (Lipinski definition) is 6. The molecule has 5 aromatic rings. The molecule has 0 saturated carbocycles. The van der Waals surface area contributed by atoms with Gasteiger partial charge < -0.3 is 4.90 Å². The van der Waals surface area contributed by atoms with Crippen LogP contribution in [0.15, 0.2) is 67.3 Å². The summed E-state index contributed by atoms with van der Waals surface area (Å²) in [6.07, 6.45) is 6.08. The minimum Gasteiger partial charge on any atom is -0.325 e. The molecule has 8 heteroatoms. The molecule has 1 aliphatic rings. The van der Waals surface area contributed by atoms with E-state index in [1.807, 2.05) is 36.5 Å². The van der Waals surface area contributed by atoms with Crippen LogP contribution in [0.4, 0.5) is 11.5 Å². The highest BCUT2D eigenvalue weighted by atomic mass is 35.5. The van der Waals surface area contributed by atoms with Gasteiger partial charge >= 0.3 is 0 Å². The number of rotatable bonds is 3. The highest BCUT2D eigenvalue weighted by Gasteiger charge is 2.23. The van der Waals surface area contributed by atoms with Crippen LogP contribution in [0.1, 0.15) is 5.56 Å². The van der Waals surface area contributed by atoms with Crippen molar-refractivity contribution in [2.75, 3.05) is 11.4 Å². The van der Waals surface area contributed by atoms with Crippen molar-refractivity contribution in [3.05, 3.63) is 77.8 Å². The quantitative estimate of drug-likeness (QED) is 0.446. The molecule has 0 atom stereocenters. The summed E-state index contributed by atoms with van der Waals surface area (Å²) in [5.41, 5.74) is 6.83. The van der Waals surface area contributed by atoms with Crippen LogP contribution in [-0.2, 0) is 6.42 Å². The molecule has 0 spiro atoms. The van der Waals surface area contributed by atoms with Gasteiger partial charge in [-0.05, 0) is 47.9 Å². The maximum absolute atomic E-state index is 6.27. The number of halogens is 1. The van der Waals surface area contributed by atoms with E-state index in [0.29, 0.717) is 5.69 Å². The zero-order valence-corrected chi connectivity index (χ0v) is 17.1. The molecule has 1 N–H and O–H groups in total. The topological polar surface area (TPSA) is 83.5 Å². The normalized spacial score (nSPS) is 13.0. The van der Waals surface area contributed by atoms with E-state index in [1.54, 1.807) is 12.5 Å². The Morgan fingerprint density at radius 2 is 1.81 bits per heavy atom. The van der Waals surface area contributed by atoms with Crippen molar-refractivity contribution in [2.24, 2.45) is 0 Å². The van der Waals surface area contributed by atoms with Crippen molar-refractivity contribution < 1.29 is 0 Å². The molecule has 0 aliphatic carbocycles. The second-order valence-electron chi connectivity index (χ2n) is 7.39. The zero-order chi connectivity index (χ0) is 20.8. The molecule has 6 rings (SSSR count). The van der Waals surface area contributed by atoms with E-state index in [0.717, 1.165) is 57.2 Å². The fraction of sp³-hybridized carbons (Fsp3) is 0.0870. The lowest BCUT2D eigenvalue weighted by atomic mass is 10.0. The van der Waals surface area contributed by atoms with E-state index in [9.17, 15) is 0 Å². The van der Waals surface area contributed by atoms with Gasteiger partial charge in [0.15, 0.2) is 0 Å². The number of aromatic nitrogens is 6. The van der Waals surface area contributed by atoms with Gasteiger partial charge in [-0.2, -0.15) is 15.4 Å². The van der Waals surface area contributed by atoms with E-state index in [2.05, 4.69) is 53.5 Å². The molecule has 7 nitrogen and oxygen atoms in total. The third kappa shape index (κ3) is 3.10. The van der Waals surface area contributed by atoms with Crippen LogP contribution in [0.5, 0.6) is 0 Å². The SMILES string of the molecule is Clc1ccc2c(c1)N(c1ncnc3ccc(-c4ccc(-c5cn[nH]n5)nc4)cc13)CC2. The number of anilines is 2. The second-order valence-corrected chi connectivity index (χ2v) is 7.83. The van der Waals surface area contributed by atoms with Gasteiger partial charge in [0.05, 0.1) is 17.4 Å². The molecule has 0 unspecified atom stereocenters. The van der Waals surface area contributed by atoms with Crippen molar-refractivity contribution >= 4 is 34.0 Å². The average Bonchev–Trinajstić information content (AvgIpc) is 3.49. The van der Waals surface area contributed by atoms with Crippen LogP contribution < -0.4 is 4.90 Å². The lowest BCUT2D eigenvalue weighted by Crippen LogP contribution is -2.15. The van der Waals surface area contributed by atoms with Gasteiger partial charge in [0.2, 0.25) is 0 Å². The molecular weight excluding hydrogens is 410 g/mol. The summed E-state index contributed by atoms with van der Waals surface area (Å²) in [7, 11) is 0. The Morgan fingerprint density at radius 3 is 2.65 bits per heavy atom. The average molecular weight is 426 g/mol. The Morgan fingerprint density at radius 1 is 0.871 bits per heavy atom. The molecule has 150 valence electrons. The smallest absolute Gasteiger partial charge is 0.144 e.